The molecule has 3 aromatic heterocycles. The van der Waals surface area contributed by atoms with E-state index in [2.05, 4.69) is 19.6 Å². The monoisotopic (exact) mass is 584 g/mol. The Hall–Kier alpha value is -2.91. The molecule has 0 aliphatic carbocycles. The van der Waals surface area contributed by atoms with Crippen LogP contribution >= 0.6 is 31.0 Å². The van der Waals surface area contributed by atoms with Crippen LogP contribution in [0.15, 0.2) is 35.1 Å². The summed E-state index contributed by atoms with van der Waals surface area (Å²) in [7, 11) is -4.89. The number of aromatic nitrogens is 4. The van der Waals surface area contributed by atoms with Crippen LogP contribution in [0.1, 0.15) is 5.56 Å². The molecule has 0 saturated carbocycles. The third-order valence-corrected chi connectivity index (χ3v) is 5.85. The van der Waals surface area contributed by atoms with E-state index in [1.807, 2.05) is 0 Å². The molecule has 0 radical (unpaired) electrons. The quantitative estimate of drug-likeness (QED) is 0.221. The lowest BCUT2D eigenvalue weighted by atomic mass is 10.2. The van der Waals surface area contributed by atoms with Gasteiger partial charge in [-0.15, -0.1) is 0 Å². The van der Waals surface area contributed by atoms with E-state index in [1.54, 1.807) is 0 Å². The van der Waals surface area contributed by atoms with Crippen LogP contribution in [0.2, 0.25) is 10.0 Å². The van der Waals surface area contributed by atoms with Gasteiger partial charge in [-0.05, 0) is 12.1 Å². The maximum absolute atomic E-state index is 13.1. The van der Waals surface area contributed by atoms with Crippen LogP contribution in [0.3, 0.4) is 0 Å². The number of nitrogens with zero attached hydrogens (tertiary/aromatic N) is 4. The van der Waals surface area contributed by atoms with Crippen LogP contribution in [0.25, 0.3) is 28.6 Å². The van der Waals surface area contributed by atoms with E-state index in [-0.39, 0.29) is 44.4 Å². The molecule has 0 aliphatic rings. The molecule has 0 spiro atoms. The summed E-state index contributed by atoms with van der Waals surface area (Å²) < 4.78 is 65.9. The highest BCUT2D eigenvalue weighted by Gasteiger charge is 2.32. The first kappa shape index (κ1) is 27.1. The molecule has 4 rings (SSSR count). The summed E-state index contributed by atoms with van der Waals surface area (Å²) in [6, 6.07) is 3.00. The number of aliphatic hydroxyl groups is 1. The summed E-state index contributed by atoms with van der Waals surface area (Å²) in [6.45, 7) is -1.32. The molecule has 3 heterocycles. The van der Waals surface area contributed by atoms with Gasteiger partial charge in [0.1, 0.15) is 18.4 Å². The number of hydrogen-bond acceptors (Lipinski definition) is 9. The second-order valence-electron chi connectivity index (χ2n) is 7.37. The largest absolute Gasteiger partial charge is 0.504 e. The second-order valence-corrected chi connectivity index (χ2v) is 9.37. The fourth-order valence-electron chi connectivity index (χ4n) is 3.08. The van der Waals surface area contributed by atoms with E-state index in [0.717, 1.165) is 28.8 Å². The number of phosphoric ester groups is 1. The molecule has 12 nitrogen and oxygen atoms in total. The molecule has 37 heavy (non-hydrogen) atoms. The zero-order valence-corrected chi connectivity index (χ0v) is 20.3. The van der Waals surface area contributed by atoms with Gasteiger partial charge in [-0.1, -0.05) is 28.4 Å². The van der Waals surface area contributed by atoms with Crippen molar-refractivity contribution in [2.45, 2.75) is 12.3 Å². The molecule has 1 aromatic carbocycles. The average molecular weight is 585 g/mol. The van der Waals surface area contributed by atoms with E-state index >= 15 is 0 Å². The number of fused-ring (bicyclic) bond motifs is 1. The minimum atomic E-state index is -4.89. The highest BCUT2D eigenvalue weighted by Crippen LogP contribution is 2.40. The van der Waals surface area contributed by atoms with Crippen molar-refractivity contribution in [1.29, 1.82) is 0 Å². The predicted octanol–water partition coefficient (Wildman–Crippen LogP) is 3.93. The summed E-state index contributed by atoms with van der Waals surface area (Å²) in [4.78, 5) is 25.9. The highest BCUT2D eigenvalue weighted by atomic mass is 35.5. The Labute approximate surface area is 214 Å². The molecule has 0 aliphatic heterocycles. The number of imidazole rings is 1. The molecule has 0 saturated heterocycles. The van der Waals surface area contributed by atoms with Crippen LogP contribution in [-0.2, 0) is 15.3 Å². The van der Waals surface area contributed by atoms with Gasteiger partial charge in [0, 0.05) is 24.0 Å². The van der Waals surface area contributed by atoms with Crippen molar-refractivity contribution in [2.24, 2.45) is 0 Å². The zero-order valence-electron chi connectivity index (χ0n) is 17.9. The number of benzene rings is 1. The fraction of sp³-hybridized carbons (Fsp3) is 0.211. The van der Waals surface area contributed by atoms with Crippen molar-refractivity contribution < 1.29 is 51.5 Å². The number of phenolic OH excluding ortho intramolecular Hbond substituents is 1. The lowest BCUT2D eigenvalue weighted by molar-refractivity contribution is -0.137. The Morgan fingerprint density at radius 1 is 1.14 bits per heavy atom. The highest BCUT2D eigenvalue weighted by molar-refractivity contribution is 7.46. The van der Waals surface area contributed by atoms with Gasteiger partial charge in [0.2, 0.25) is 5.82 Å². The number of phenols is 1. The van der Waals surface area contributed by atoms with Crippen LogP contribution in [0.4, 0.5) is 13.2 Å². The lowest BCUT2D eigenvalue weighted by Gasteiger charge is -2.17. The van der Waals surface area contributed by atoms with Gasteiger partial charge in [-0.2, -0.15) is 18.2 Å². The third-order valence-electron chi connectivity index (χ3n) is 4.68. The first-order chi connectivity index (χ1) is 17.2. The molecule has 0 bridgehead atoms. The number of aromatic hydroxyl groups is 1. The molecule has 4 N–H and O–H groups in total. The van der Waals surface area contributed by atoms with Gasteiger partial charge in [0.15, 0.2) is 17.1 Å². The Morgan fingerprint density at radius 3 is 2.51 bits per heavy atom. The first-order valence-corrected chi connectivity index (χ1v) is 12.1. The number of aliphatic hydroxyl groups excluding tert-OH is 1. The van der Waals surface area contributed by atoms with E-state index in [1.165, 1.54) is 6.20 Å². The number of pyridine rings is 1. The van der Waals surface area contributed by atoms with E-state index in [0.29, 0.717) is 0 Å². The van der Waals surface area contributed by atoms with Gasteiger partial charge in [0.25, 0.3) is 5.89 Å². The minimum Gasteiger partial charge on any atom is -0.504 e. The summed E-state index contributed by atoms with van der Waals surface area (Å²) in [5.74, 6) is -0.975. The van der Waals surface area contributed by atoms with E-state index in [9.17, 15) is 22.8 Å². The average Bonchev–Trinajstić information content (AvgIpc) is 3.44. The molecule has 0 amide bonds. The first-order valence-electron chi connectivity index (χ1n) is 9.85. The number of ether oxygens (including phenoxy) is 1. The number of alkyl halides is 3. The molecule has 0 fully saturated rings. The van der Waals surface area contributed by atoms with Crippen molar-refractivity contribution in [1.82, 2.24) is 19.5 Å². The molecule has 1 unspecified atom stereocenters. The summed E-state index contributed by atoms with van der Waals surface area (Å²) in [5, 5.41) is 22.9. The van der Waals surface area contributed by atoms with Gasteiger partial charge in [0.05, 0.1) is 22.2 Å². The molecule has 1 atom stereocenters. The summed E-state index contributed by atoms with van der Waals surface area (Å²) in [5.41, 5.74) is -0.873. The van der Waals surface area contributed by atoms with Gasteiger partial charge < -0.3 is 33.7 Å². The molecule has 4 aromatic rings. The van der Waals surface area contributed by atoms with Gasteiger partial charge >= 0.3 is 14.0 Å². The maximum atomic E-state index is 13.1. The van der Waals surface area contributed by atoms with Gasteiger partial charge in [-0.25, -0.2) is 9.55 Å². The number of phosphoric acid groups is 1. The Balaban J connectivity index is 1.58. The predicted molar refractivity (Wildman–Crippen MR) is 120 cm³/mol. The van der Waals surface area contributed by atoms with Crippen molar-refractivity contribution in [2.75, 3.05) is 13.2 Å². The normalized spacial score (nSPS) is 13.3. The third kappa shape index (κ3) is 6.15. The van der Waals surface area contributed by atoms with Crippen molar-refractivity contribution in [3.63, 3.8) is 0 Å². The molecular formula is C19H14Cl2F3N4O8P. The molecule has 198 valence electrons. The molecular weight excluding hydrogens is 571 g/mol. The summed E-state index contributed by atoms with van der Waals surface area (Å²) in [6.07, 6.45) is -4.01. The van der Waals surface area contributed by atoms with E-state index < -0.39 is 44.6 Å². The SMILES string of the molecule is O=P(O)(O)OC(CO)COc1cc(Cl)c(-c2noc(-c3cn4cc(C(F)(F)F)cc(Cl)c4n3)n2)cc1O. The Morgan fingerprint density at radius 2 is 1.86 bits per heavy atom. The minimum absolute atomic E-state index is 0.0142. The van der Waals surface area contributed by atoms with Crippen molar-refractivity contribution in [3.8, 4) is 34.5 Å². The van der Waals surface area contributed by atoms with Crippen molar-refractivity contribution in [3.05, 3.63) is 46.2 Å². The molecule has 18 heteroatoms. The van der Waals surface area contributed by atoms with Crippen LogP contribution in [-0.4, -0.2) is 58.8 Å². The Kier molecular flexibility index (Phi) is 7.41. The topological polar surface area (TPSA) is 173 Å². The smallest absolute Gasteiger partial charge is 0.470 e. The maximum Gasteiger partial charge on any atom is 0.470 e. The standard InChI is InChI=1S/C19H14Cl2F3N4O8P/c20-11-3-15(34-7-9(6-29)36-37(31,32)33)14(30)2-10(11)16-26-18(35-27-16)13-5-28-4-8(19(22,23)24)1-12(21)17(28)25-13/h1-5,9,29-30H,6-7H2,(H2,31,32,33). The van der Waals surface area contributed by atoms with Crippen LogP contribution in [0, 0.1) is 0 Å². The van der Waals surface area contributed by atoms with Crippen LogP contribution in [0.5, 0.6) is 11.5 Å². The zero-order chi connectivity index (χ0) is 27.1. The Bertz CT molecular complexity index is 1510. The summed E-state index contributed by atoms with van der Waals surface area (Å²) >= 11 is 12.2. The fourth-order valence-corrected chi connectivity index (χ4v) is 4.09. The van der Waals surface area contributed by atoms with Crippen LogP contribution < -0.4 is 4.74 Å². The lowest BCUT2D eigenvalue weighted by Crippen LogP contribution is -2.24. The van der Waals surface area contributed by atoms with Crippen molar-refractivity contribution >= 4 is 36.7 Å². The number of halogens is 5. The van der Waals surface area contributed by atoms with Gasteiger partial charge in [-0.3, -0.25) is 4.52 Å². The van der Waals surface area contributed by atoms with E-state index in [4.69, 9.17) is 47.4 Å². The second kappa shape index (κ2) is 10.1. The number of hydrogen-bond donors (Lipinski definition) is 4. The number of rotatable bonds is 8.